The normalized spacial score (nSPS) is 18.6. The lowest BCUT2D eigenvalue weighted by Crippen LogP contribution is -2.48. The van der Waals surface area contributed by atoms with Crippen molar-refractivity contribution in [2.45, 2.75) is 45.3 Å². The molecule has 1 aromatic carbocycles. The molecular formula is C29H32ClN9O4S. The molecule has 44 heavy (non-hydrogen) atoms. The molecule has 2 aliphatic rings. The van der Waals surface area contributed by atoms with Gasteiger partial charge in [-0.15, -0.1) is 0 Å². The summed E-state index contributed by atoms with van der Waals surface area (Å²) in [5.41, 5.74) is 3.09. The van der Waals surface area contributed by atoms with E-state index in [1.165, 1.54) is 6.07 Å². The summed E-state index contributed by atoms with van der Waals surface area (Å²) in [5, 5.41) is 3.77. The van der Waals surface area contributed by atoms with Crippen molar-refractivity contribution in [1.29, 1.82) is 0 Å². The summed E-state index contributed by atoms with van der Waals surface area (Å²) in [4.78, 5) is 49.1. The highest BCUT2D eigenvalue weighted by molar-refractivity contribution is 7.89. The number of benzene rings is 1. The van der Waals surface area contributed by atoms with Crippen molar-refractivity contribution in [3.63, 3.8) is 0 Å². The number of nitrogens with zero attached hydrogens (tertiary/aromatic N) is 7. The van der Waals surface area contributed by atoms with Crippen molar-refractivity contribution in [2.75, 3.05) is 34.5 Å². The predicted molar refractivity (Wildman–Crippen MR) is 169 cm³/mol. The Morgan fingerprint density at radius 2 is 1.73 bits per heavy atom. The molecule has 2 bridgehead atoms. The van der Waals surface area contributed by atoms with Crippen LogP contribution in [0.3, 0.4) is 0 Å². The number of aromatic nitrogens is 5. The Kier molecular flexibility index (Phi) is 7.44. The highest BCUT2D eigenvalue weighted by Crippen LogP contribution is 2.36. The van der Waals surface area contributed by atoms with E-state index in [9.17, 15) is 18.0 Å². The molecular weight excluding hydrogens is 606 g/mol. The molecule has 1 amide bonds. The van der Waals surface area contributed by atoms with Crippen molar-refractivity contribution < 1.29 is 13.2 Å². The van der Waals surface area contributed by atoms with E-state index in [0.29, 0.717) is 29.3 Å². The number of hydrogen-bond acceptors (Lipinski definition) is 11. The number of sulfonamides is 1. The van der Waals surface area contributed by atoms with Gasteiger partial charge in [-0.2, -0.15) is 0 Å². The zero-order valence-corrected chi connectivity index (χ0v) is 26.4. The van der Waals surface area contributed by atoms with Crippen molar-refractivity contribution in [3.8, 4) is 0 Å². The molecule has 2 N–H and O–H groups in total. The number of rotatable bonds is 7. The fourth-order valence-electron chi connectivity index (χ4n) is 6.07. The van der Waals surface area contributed by atoms with Crippen LogP contribution in [0.15, 0.2) is 41.5 Å². The van der Waals surface area contributed by atoms with E-state index >= 15 is 0 Å². The number of fused-ring (bicyclic) bond motifs is 3. The first-order valence-corrected chi connectivity index (χ1v) is 16.3. The van der Waals surface area contributed by atoms with Crippen LogP contribution < -0.4 is 25.4 Å². The fourth-order valence-corrected chi connectivity index (χ4v) is 6.65. The zero-order chi connectivity index (χ0) is 31.5. The predicted octanol–water partition coefficient (Wildman–Crippen LogP) is 2.72. The molecule has 6 rings (SSSR count). The van der Waals surface area contributed by atoms with E-state index in [2.05, 4.69) is 30.1 Å². The number of hydrogen-bond donors (Lipinski definition) is 2. The van der Waals surface area contributed by atoms with E-state index in [1.807, 2.05) is 50.0 Å². The van der Waals surface area contributed by atoms with Gasteiger partial charge in [0, 0.05) is 38.1 Å². The lowest BCUT2D eigenvalue weighted by molar-refractivity contribution is 0.0977. The maximum absolute atomic E-state index is 13.7. The second-order valence-corrected chi connectivity index (χ2v) is 13.7. The van der Waals surface area contributed by atoms with Gasteiger partial charge in [0.05, 0.1) is 41.0 Å². The number of nitrogens with one attached hydrogen (secondary N) is 2. The summed E-state index contributed by atoms with van der Waals surface area (Å²) in [6.45, 7) is 7.14. The van der Waals surface area contributed by atoms with Crippen molar-refractivity contribution in [2.24, 2.45) is 7.05 Å². The summed E-state index contributed by atoms with van der Waals surface area (Å²) >= 11 is 6.04. The summed E-state index contributed by atoms with van der Waals surface area (Å²) in [7, 11) is -2.09. The first-order valence-electron chi connectivity index (χ1n) is 14.1. The summed E-state index contributed by atoms with van der Waals surface area (Å²) in [6.07, 6.45) is 5.43. The average molecular weight is 638 g/mol. The van der Waals surface area contributed by atoms with Crippen LogP contribution in [0, 0.1) is 13.8 Å². The molecule has 4 aromatic rings. The van der Waals surface area contributed by atoms with Crippen LogP contribution in [-0.2, 0) is 17.1 Å². The van der Waals surface area contributed by atoms with Gasteiger partial charge in [0.25, 0.3) is 11.5 Å². The number of carbonyl (C=O) groups is 1. The third-order valence-electron chi connectivity index (χ3n) is 8.05. The summed E-state index contributed by atoms with van der Waals surface area (Å²) in [5.74, 6) is 0.377. The topological polar surface area (TPSA) is 155 Å². The van der Waals surface area contributed by atoms with Gasteiger partial charge in [-0.05, 0) is 56.5 Å². The van der Waals surface area contributed by atoms with Gasteiger partial charge < -0.3 is 15.1 Å². The van der Waals surface area contributed by atoms with E-state index in [0.717, 1.165) is 35.9 Å². The lowest BCUT2D eigenvalue weighted by atomic mass is 10.0. The second kappa shape index (κ2) is 11.0. The van der Waals surface area contributed by atoms with Gasteiger partial charge >= 0.3 is 0 Å². The van der Waals surface area contributed by atoms with Gasteiger partial charge in [0.15, 0.2) is 5.69 Å². The quantitative estimate of drug-likeness (QED) is 0.287. The summed E-state index contributed by atoms with van der Waals surface area (Å²) in [6, 6.07) is 6.71. The van der Waals surface area contributed by atoms with Crippen LogP contribution in [0.2, 0.25) is 5.15 Å². The maximum Gasteiger partial charge on any atom is 0.285 e. The Bertz CT molecular complexity index is 1970. The number of halogens is 1. The highest BCUT2D eigenvalue weighted by atomic mass is 35.5. The van der Waals surface area contributed by atoms with Crippen LogP contribution in [0.1, 0.15) is 46.6 Å². The fraction of sp³-hybridized carbons (Fsp3) is 0.379. The van der Waals surface area contributed by atoms with E-state index in [1.54, 1.807) is 17.7 Å². The Morgan fingerprint density at radius 1 is 1.05 bits per heavy atom. The van der Waals surface area contributed by atoms with Crippen LogP contribution in [-0.4, -0.2) is 70.3 Å². The third-order valence-corrected chi connectivity index (χ3v) is 8.81. The highest BCUT2D eigenvalue weighted by Gasteiger charge is 2.45. The zero-order valence-electron chi connectivity index (χ0n) is 24.9. The molecule has 5 heterocycles. The minimum atomic E-state index is -3.83. The Labute approximate surface area is 259 Å². The average Bonchev–Trinajstić information content (AvgIpc) is 3.56. The van der Waals surface area contributed by atoms with Gasteiger partial charge in [-0.1, -0.05) is 17.7 Å². The van der Waals surface area contributed by atoms with E-state index in [4.69, 9.17) is 16.6 Å². The third kappa shape index (κ3) is 5.54. The number of amides is 1. The van der Waals surface area contributed by atoms with Gasteiger partial charge in [0.1, 0.15) is 5.15 Å². The smallest absolute Gasteiger partial charge is 0.285 e. The minimum Gasteiger partial charge on any atom is -0.377 e. The first kappa shape index (κ1) is 29.8. The summed E-state index contributed by atoms with van der Waals surface area (Å²) < 4.78 is 27.0. The van der Waals surface area contributed by atoms with Crippen LogP contribution in [0.4, 0.5) is 17.6 Å². The molecule has 15 heteroatoms. The number of pyridine rings is 1. The van der Waals surface area contributed by atoms with Gasteiger partial charge in [0.2, 0.25) is 21.9 Å². The molecule has 0 radical (unpaired) electrons. The molecule has 0 spiro atoms. The van der Waals surface area contributed by atoms with Crippen molar-refractivity contribution in [1.82, 2.24) is 29.2 Å². The van der Waals surface area contributed by atoms with Crippen LogP contribution in [0.25, 0.3) is 10.9 Å². The van der Waals surface area contributed by atoms with Crippen LogP contribution in [0.5, 0.6) is 0 Å². The van der Waals surface area contributed by atoms with Gasteiger partial charge in [-0.25, -0.2) is 33.1 Å². The number of piperazine rings is 1. The van der Waals surface area contributed by atoms with Crippen LogP contribution >= 0.6 is 11.6 Å². The maximum atomic E-state index is 13.7. The monoisotopic (exact) mass is 637 g/mol. The first-order chi connectivity index (χ1) is 20.8. The van der Waals surface area contributed by atoms with E-state index < -0.39 is 22.0 Å². The Hall–Kier alpha value is -4.30. The van der Waals surface area contributed by atoms with Crippen molar-refractivity contribution in [3.05, 3.63) is 74.6 Å². The Morgan fingerprint density at radius 3 is 2.39 bits per heavy atom. The Balaban J connectivity index is 1.35. The molecule has 2 saturated heterocycles. The molecule has 3 aromatic heterocycles. The van der Waals surface area contributed by atoms with Crippen molar-refractivity contribution >= 4 is 56.0 Å². The standard InChI is InChI=1S/C29H32ClN9O4S/c1-15-8-20(17(3)33-22-6-7-23(30)34-25(22)26(40)36-44(5,42)43)24-21(9-15)27(41)37(4)29(35-24)39-14-18-10-19(39)13-38(18)28-31-11-16(2)12-32-28/h6-9,11-12,17-19,33H,10,13-14H2,1-5H3,(H,36,40)/t17-,18+,19+/m1/s1. The largest absolute Gasteiger partial charge is 0.377 e. The molecule has 2 aliphatic heterocycles. The van der Waals surface area contributed by atoms with E-state index in [-0.39, 0.29) is 34.2 Å². The molecule has 0 unspecified atom stereocenters. The lowest BCUT2D eigenvalue weighted by Gasteiger charge is -2.35. The second-order valence-electron chi connectivity index (χ2n) is 11.5. The SMILES string of the molecule is Cc1cnc(N2C[C@@H]3C[C@H]2CN3c2nc3c([C@@H](C)Nc4ccc(Cl)nc4C(=O)NS(C)(=O)=O)cc(C)cc3c(=O)n2C)nc1. The molecule has 2 fully saturated rings. The molecule has 3 atom stereocenters. The number of carbonyl (C=O) groups excluding carboxylic acids is 1. The molecule has 0 saturated carbocycles. The number of aryl methyl sites for hydroxylation is 2. The molecule has 230 valence electrons. The molecule has 0 aliphatic carbocycles. The van der Waals surface area contributed by atoms with Gasteiger partial charge in [-0.3, -0.25) is 14.2 Å². The minimum absolute atomic E-state index is 0.0325. The molecule has 13 nitrogen and oxygen atoms in total. The number of anilines is 3.